The summed E-state index contributed by atoms with van der Waals surface area (Å²) in [7, 11) is -1.09. The minimum absolute atomic E-state index is 0.0366. The van der Waals surface area contributed by atoms with Gasteiger partial charge in [-0.1, -0.05) is 0 Å². The molecule has 0 saturated carbocycles. The van der Waals surface area contributed by atoms with Crippen LogP contribution in [0.15, 0.2) is 0 Å². The summed E-state index contributed by atoms with van der Waals surface area (Å²) in [5.74, 6) is 0.532. The van der Waals surface area contributed by atoms with Gasteiger partial charge in [-0.15, -0.1) is 0 Å². The van der Waals surface area contributed by atoms with Gasteiger partial charge in [-0.05, 0) is 67.2 Å². The maximum absolute atomic E-state index is 5.90. The molecule has 0 heterocycles. The van der Waals surface area contributed by atoms with Crippen LogP contribution in [-0.4, -0.2) is 30.3 Å². The molecular weight excluding hydrogens is 314 g/mol. The largest absolute Gasteiger partial charge is 0.331 e. The van der Waals surface area contributed by atoms with Crippen molar-refractivity contribution in [3.05, 3.63) is 0 Å². The SMILES string of the molecule is CC(C)OP(CP(=S)(OC(C)C)OC(C)C)OC(C)C. The van der Waals surface area contributed by atoms with Crippen LogP contribution in [0, 0.1) is 0 Å². The first-order valence-electron chi connectivity index (χ1n) is 7.11. The minimum atomic E-state index is -2.39. The fraction of sp³-hybridized carbons (Fsp3) is 1.00. The summed E-state index contributed by atoms with van der Waals surface area (Å²) in [6, 6.07) is 0. The lowest BCUT2D eigenvalue weighted by Gasteiger charge is -2.30. The normalized spacial score (nSPS) is 13.4. The summed E-state index contributed by atoms with van der Waals surface area (Å²) >= 11 is 5.66. The van der Waals surface area contributed by atoms with Gasteiger partial charge in [0.2, 0.25) is 0 Å². The van der Waals surface area contributed by atoms with Gasteiger partial charge in [0.05, 0.1) is 30.3 Å². The Kier molecular flexibility index (Phi) is 10.3. The van der Waals surface area contributed by atoms with Gasteiger partial charge in [0.15, 0.2) is 14.9 Å². The van der Waals surface area contributed by atoms with Crippen molar-refractivity contribution in [2.24, 2.45) is 0 Å². The van der Waals surface area contributed by atoms with Crippen molar-refractivity contribution in [3.63, 3.8) is 0 Å². The molecule has 0 rings (SSSR count). The van der Waals surface area contributed by atoms with Gasteiger partial charge in [-0.3, -0.25) is 0 Å². The first-order valence-corrected chi connectivity index (χ1v) is 11.3. The molecule has 0 saturated heterocycles. The molecular formula is C13H30O4P2S. The molecule has 0 unspecified atom stereocenters. The zero-order valence-electron chi connectivity index (χ0n) is 14.0. The maximum atomic E-state index is 5.90. The van der Waals surface area contributed by atoms with Crippen LogP contribution in [0.5, 0.6) is 0 Å². The van der Waals surface area contributed by atoms with E-state index in [0.29, 0.717) is 5.90 Å². The third-order valence-electron chi connectivity index (χ3n) is 1.69. The van der Waals surface area contributed by atoms with Crippen molar-refractivity contribution >= 4 is 26.7 Å². The summed E-state index contributed by atoms with van der Waals surface area (Å²) < 4.78 is 23.5. The van der Waals surface area contributed by atoms with Crippen molar-refractivity contribution in [1.29, 1.82) is 0 Å². The lowest BCUT2D eigenvalue weighted by molar-refractivity contribution is 0.167. The second-order valence-corrected chi connectivity index (χ2v) is 11.2. The van der Waals surface area contributed by atoms with Crippen LogP contribution in [0.1, 0.15) is 55.4 Å². The molecule has 0 aromatic carbocycles. The highest BCUT2D eigenvalue weighted by atomic mass is 32.5. The number of hydrogen-bond donors (Lipinski definition) is 0. The summed E-state index contributed by atoms with van der Waals surface area (Å²) in [6.45, 7) is 13.5. The molecule has 7 heteroatoms. The van der Waals surface area contributed by atoms with E-state index in [1.807, 2.05) is 55.4 Å². The molecule has 0 N–H and O–H groups in total. The van der Waals surface area contributed by atoms with Crippen LogP contribution in [0.25, 0.3) is 0 Å². The third-order valence-corrected chi connectivity index (χ3v) is 8.35. The van der Waals surface area contributed by atoms with Gasteiger partial charge in [0, 0.05) is 0 Å². The van der Waals surface area contributed by atoms with E-state index in [1.165, 1.54) is 0 Å². The van der Waals surface area contributed by atoms with E-state index in [0.717, 1.165) is 0 Å². The first-order chi connectivity index (χ1) is 9.04. The standard InChI is InChI=1S/C13H30O4P2S/c1-10(2)14-18(15-11(3)4)9-19(20,16-12(5)6)17-13(7)8/h10-13H,9H2,1-8H3. The zero-order valence-corrected chi connectivity index (χ0v) is 16.6. The van der Waals surface area contributed by atoms with Crippen LogP contribution in [0.3, 0.4) is 0 Å². The van der Waals surface area contributed by atoms with Crippen molar-refractivity contribution in [2.75, 3.05) is 5.90 Å². The van der Waals surface area contributed by atoms with Crippen molar-refractivity contribution in [1.82, 2.24) is 0 Å². The van der Waals surface area contributed by atoms with Gasteiger partial charge < -0.3 is 18.1 Å². The summed E-state index contributed by atoms with van der Waals surface area (Å²) in [6.07, 6.45) is 0.270. The highest BCUT2D eigenvalue weighted by molar-refractivity contribution is 8.12. The van der Waals surface area contributed by atoms with E-state index < -0.39 is 14.9 Å². The quantitative estimate of drug-likeness (QED) is 0.505. The Labute approximate surface area is 131 Å². The topological polar surface area (TPSA) is 36.9 Å². The molecule has 122 valence electrons. The van der Waals surface area contributed by atoms with Crippen LogP contribution >= 0.6 is 14.9 Å². The first kappa shape index (κ1) is 20.9. The molecule has 0 aromatic rings. The lowest BCUT2D eigenvalue weighted by atomic mass is 10.5. The monoisotopic (exact) mass is 344 g/mol. The molecule has 0 amide bonds. The second-order valence-electron chi connectivity index (χ2n) is 5.70. The van der Waals surface area contributed by atoms with Gasteiger partial charge >= 0.3 is 0 Å². The average Bonchev–Trinajstić information content (AvgIpc) is 2.09. The van der Waals surface area contributed by atoms with Crippen molar-refractivity contribution < 1.29 is 18.1 Å². The minimum Gasteiger partial charge on any atom is -0.331 e. The predicted octanol–water partition coefficient (Wildman–Crippen LogP) is 5.27. The molecule has 20 heavy (non-hydrogen) atoms. The van der Waals surface area contributed by atoms with Gasteiger partial charge in [-0.25, -0.2) is 0 Å². The molecule has 0 aliphatic carbocycles. The Morgan fingerprint density at radius 2 is 1.10 bits per heavy atom. The molecule has 0 aliphatic rings. The van der Waals surface area contributed by atoms with E-state index in [-0.39, 0.29) is 24.4 Å². The van der Waals surface area contributed by atoms with Crippen molar-refractivity contribution in [3.8, 4) is 0 Å². The molecule has 0 atom stereocenters. The highest BCUT2D eigenvalue weighted by Gasteiger charge is 2.30. The zero-order chi connectivity index (χ0) is 15.9. The van der Waals surface area contributed by atoms with Crippen LogP contribution in [0.4, 0.5) is 0 Å². The van der Waals surface area contributed by atoms with E-state index in [1.54, 1.807) is 0 Å². The van der Waals surface area contributed by atoms with E-state index in [2.05, 4.69) is 0 Å². The second kappa shape index (κ2) is 9.84. The molecule has 0 aliphatic heterocycles. The van der Waals surface area contributed by atoms with Gasteiger partial charge in [0.1, 0.15) is 0 Å². The molecule has 0 aromatic heterocycles. The summed E-state index contributed by atoms with van der Waals surface area (Å²) in [5, 5.41) is 0. The Morgan fingerprint density at radius 1 is 0.750 bits per heavy atom. The summed E-state index contributed by atoms with van der Waals surface area (Å²) in [5.41, 5.74) is 0. The Morgan fingerprint density at radius 3 is 1.35 bits per heavy atom. The molecule has 0 radical (unpaired) electrons. The predicted molar refractivity (Wildman–Crippen MR) is 91.0 cm³/mol. The van der Waals surface area contributed by atoms with E-state index in [4.69, 9.17) is 29.9 Å². The van der Waals surface area contributed by atoms with Gasteiger partial charge in [-0.2, -0.15) is 0 Å². The van der Waals surface area contributed by atoms with E-state index in [9.17, 15) is 0 Å². The lowest BCUT2D eigenvalue weighted by Crippen LogP contribution is -2.13. The van der Waals surface area contributed by atoms with E-state index >= 15 is 0 Å². The molecule has 4 nitrogen and oxygen atoms in total. The Bertz CT molecular complexity index is 285. The maximum Gasteiger partial charge on any atom is 0.198 e. The third kappa shape index (κ3) is 10.6. The molecule has 0 spiro atoms. The van der Waals surface area contributed by atoms with Crippen LogP contribution in [0.2, 0.25) is 0 Å². The Hall–Kier alpha value is 0.920. The Balaban J connectivity index is 4.90. The average molecular weight is 344 g/mol. The fourth-order valence-electron chi connectivity index (χ4n) is 1.44. The van der Waals surface area contributed by atoms with Crippen LogP contribution in [-0.2, 0) is 29.9 Å². The van der Waals surface area contributed by atoms with Crippen LogP contribution < -0.4 is 0 Å². The number of rotatable bonds is 10. The van der Waals surface area contributed by atoms with Gasteiger partial charge in [0.25, 0.3) is 0 Å². The van der Waals surface area contributed by atoms with Crippen molar-refractivity contribution in [2.45, 2.75) is 79.8 Å². The smallest absolute Gasteiger partial charge is 0.198 e. The number of hydrogen-bond acceptors (Lipinski definition) is 5. The fourth-order valence-corrected chi connectivity index (χ4v) is 7.84. The molecule has 0 fully saturated rings. The summed E-state index contributed by atoms with van der Waals surface area (Å²) in [4.78, 5) is 0. The highest BCUT2D eigenvalue weighted by Crippen LogP contribution is 2.61. The molecule has 0 bridgehead atoms.